The summed E-state index contributed by atoms with van der Waals surface area (Å²) in [5, 5.41) is 12.5. The van der Waals surface area contributed by atoms with Gasteiger partial charge in [0, 0.05) is 39.2 Å². The van der Waals surface area contributed by atoms with E-state index in [0.717, 1.165) is 6.07 Å². The summed E-state index contributed by atoms with van der Waals surface area (Å²) < 4.78 is 28.4. The van der Waals surface area contributed by atoms with Crippen LogP contribution in [-0.4, -0.2) is 26.8 Å². The Morgan fingerprint density at radius 2 is 1.77 bits per heavy atom. The Morgan fingerprint density at radius 3 is 2.54 bits per heavy atom. The molecule has 35 heavy (non-hydrogen) atoms. The van der Waals surface area contributed by atoms with Crippen molar-refractivity contribution in [3.05, 3.63) is 106 Å². The maximum Gasteiger partial charge on any atom is 0.338 e. The molecule has 0 amide bonds. The molecule has 0 aliphatic carbocycles. The van der Waals surface area contributed by atoms with Gasteiger partial charge in [0.15, 0.2) is 0 Å². The number of nitrogens with one attached hydrogen (secondary N) is 1. The lowest BCUT2D eigenvalue weighted by Gasteiger charge is -2.13. The van der Waals surface area contributed by atoms with Crippen LogP contribution in [0.25, 0.3) is 11.3 Å². The number of hydrogen-bond acceptors (Lipinski definition) is 5. The molecule has 0 fully saturated rings. The maximum atomic E-state index is 14.6. The van der Waals surface area contributed by atoms with Gasteiger partial charge in [-0.2, -0.15) is 0 Å². The van der Waals surface area contributed by atoms with Crippen molar-refractivity contribution in [1.29, 1.82) is 0 Å². The highest BCUT2D eigenvalue weighted by molar-refractivity contribution is 6.31. The van der Waals surface area contributed by atoms with Crippen LogP contribution in [0.1, 0.15) is 34.5 Å². The third-order valence-electron chi connectivity index (χ3n) is 5.35. The summed E-state index contributed by atoms with van der Waals surface area (Å²) in [6.07, 6.45) is 1.60. The zero-order chi connectivity index (χ0) is 23.8. The molecule has 0 saturated heterocycles. The van der Waals surface area contributed by atoms with Gasteiger partial charge < -0.3 is 10.4 Å². The average molecular weight is 493 g/mol. The smallest absolute Gasteiger partial charge is 0.338 e. The Bertz CT molecular complexity index is 1490. The molecular formula is C26H19ClF2N4O2. The first-order valence-electron chi connectivity index (χ1n) is 10.2. The number of carbonyl (C=O) groups is 1. The molecule has 1 aromatic heterocycles. The van der Waals surface area contributed by atoms with Crippen LogP contribution in [0.2, 0.25) is 5.02 Å². The van der Waals surface area contributed by atoms with Gasteiger partial charge in [-0.15, -0.1) is 0 Å². The number of hydrogen-bond donors (Lipinski definition) is 2. The number of aromatic nitrogens is 2. The lowest BCUT2D eigenvalue weighted by atomic mass is 9.95. The number of carboxylic acid groups (broad SMARTS) is 1. The summed E-state index contributed by atoms with van der Waals surface area (Å²) >= 11 is 6.27. The number of aliphatic imine (C=N–C) groups is 1. The highest BCUT2D eigenvalue weighted by Gasteiger charge is 2.23. The summed E-state index contributed by atoms with van der Waals surface area (Å²) in [6.45, 7) is 0.214. The molecule has 0 spiro atoms. The van der Waals surface area contributed by atoms with E-state index in [1.807, 2.05) is 0 Å². The Kier molecular flexibility index (Phi) is 6.57. The first-order valence-corrected chi connectivity index (χ1v) is 10.5. The van der Waals surface area contributed by atoms with Gasteiger partial charge in [-0.3, -0.25) is 4.99 Å². The summed E-state index contributed by atoms with van der Waals surface area (Å²) in [4.78, 5) is 24.8. The largest absolute Gasteiger partial charge is 0.478 e. The topological polar surface area (TPSA) is 87.5 Å². The van der Waals surface area contributed by atoms with Gasteiger partial charge in [0.25, 0.3) is 0 Å². The summed E-state index contributed by atoms with van der Waals surface area (Å²) in [6, 6.07) is 15.2. The van der Waals surface area contributed by atoms with Crippen LogP contribution in [0.15, 0.2) is 71.9 Å². The van der Waals surface area contributed by atoms with Crippen LogP contribution in [-0.2, 0) is 6.54 Å². The number of nitrogens with zero attached hydrogens (tertiary/aromatic N) is 3. The molecule has 1 aliphatic rings. The maximum absolute atomic E-state index is 14.6. The lowest BCUT2D eigenvalue weighted by Crippen LogP contribution is -2.07. The van der Waals surface area contributed by atoms with E-state index in [0.29, 0.717) is 44.4 Å². The number of anilines is 2. The fourth-order valence-electron chi connectivity index (χ4n) is 3.76. The Morgan fingerprint density at radius 1 is 0.971 bits per heavy atom. The SMILES string of the molecule is C.O=C(O)c1cc(Nc2ncc3c(n2)-c2ccc(Cl)cc2C(c2ccccc2F)=NC3)ccc1F. The van der Waals surface area contributed by atoms with Crippen molar-refractivity contribution in [3.8, 4) is 11.3 Å². The van der Waals surface area contributed by atoms with E-state index >= 15 is 0 Å². The molecule has 9 heteroatoms. The molecule has 6 nitrogen and oxygen atoms in total. The highest BCUT2D eigenvalue weighted by Crippen LogP contribution is 2.34. The monoisotopic (exact) mass is 492 g/mol. The van der Waals surface area contributed by atoms with E-state index in [-0.39, 0.29) is 19.9 Å². The Hall–Kier alpha value is -4.17. The number of rotatable bonds is 4. The number of benzene rings is 3. The lowest BCUT2D eigenvalue weighted by molar-refractivity contribution is 0.0692. The first-order chi connectivity index (χ1) is 16.4. The van der Waals surface area contributed by atoms with Crippen LogP contribution in [0.3, 0.4) is 0 Å². The van der Waals surface area contributed by atoms with Gasteiger partial charge in [-0.05, 0) is 42.5 Å². The highest BCUT2D eigenvalue weighted by atomic mass is 35.5. The van der Waals surface area contributed by atoms with E-state index in [4.69, 9.17) is 16.7 Å². The first kappa shape index (κ1) is 24.0. The predicted octanol–water partition coefficient (Wildman–Crippen LogP) is 6.50. The van der Waals surface area contributed by atoms with Gasteiger partial charge in [-0.1, -0.05) is 37.2 Å². The van der Waals surface area contributed by atoms with E-state index in [1.165, 1.54) is 18.2 Å². The minimum absolute atomic E-state index is 0. The zero-order valence-electron chi connectivity index (χ0n) is 17.4. The molecule has 0 atom stereocenters. The van der Waals surface area contributed by atoms with Crippen LogP contribution < -0.4 is 5.32 Å². The normalized spacial score (nSPS) is 11.9. The van der Waals surface area contributed by atoms with E-state index < -0.39 is 23.2 Å². The fourth-order valence-corrected chi connectivity index (χ4v) is 3.94. The van der Waals surface area contributed by atoms with E-state index in [1.54, 1.807) is 42.6 Å². The van der Waals surface area contributed by atoms with Crippen LogP contribution in [0.4, 0.5) is 20.4 Å². The fraction of sp³-hybridized carbons (Fsp3) is 0.0769. The second-order valence-corrected chi connectivity index (χ2v) is 7.96. The number of carboxylic acids is 1. The summed E-state index contributed by atoms with van der Waals surface area (Å²) in [5.74, 6) is -2.45. The molecule has 5 rings (SSSR count). The minimum atomic E-state index is -1.38. The average Bonchev–Trinajstić information content (AvgIpc) is 2.97. The van der Waals surface area contributed by atoms with Crippen molar-refractivity contribution < 1.29 is 18.7 Å². The molecule has 1 aliphatic heterocycles. The van der Waals surface area contributed by atoms with Gasteiger partial charge >= 0.3 is 5.97 Å². The zero-order valence-corrected chi connectivity index (χ0v) is 18.1. The quantitative estimate of drug-likeness (QED) is 0.339. The summed E-state index contributed by atoms with van der Waals surface area (Å²) in [7, 11) is 0. The molecular weight excluding hydrogens is 474 g/mol. The number of halogens is 3. The number of aromatic carboxylic acids is 1. The molecule has 0 radical (unpaired) electrons. The van der Waals surface area contributed by atoms with Crippen LogP contribution >= 0.6 is 11.6 Å². The van der Waals surface area contributed by atoms with Crippen molar-refractivity contribution in [2.75, 3.05) is 5.32 Å². The molecule has 0 unspecified atom stereocenters. The van der Waals surface area contributed by atoms with Crippen molar-refractivity contribution in [2.45, 2.75) is 14.0 Å². The van der Waals surface area contributed by atoms with Crippen molar-refractivity contribution >= 4 is 34.9 Å². The van der Waals surface area contributed by atoms with Crippen LogP contribution in [0, 0.1) is 11.6 Å². The minimum Gasteiger partial charge on any atom is -0.478 e. The van der Waals surface area contributed by atoms with E-state index in [9.17, 15) is 13.6 Å². The summed E-state index contributed by atoms with van der Waals surface area (Å²) in [5.41, 5.74) is 3.23. The van der Waals surface area contributed by atoms with Crippen molar-refractivity contribution in [2.24, 2.45) is 4.99 Å². The van der Waals surface area contributed by atoms with E-state index in [2.05, 4.69) is 20.3 Å². The van der Waals surface area contributed by atoms with Gasteiger partial charge in [0.1, 0.15) is 11.6 Å². The third-order valence-corrected chi connectivity index (χ3v) is 5.58. The number of fused-ring (bicyclic) bond motifs is 3. The standard InChI is InChI=1S/C25H15ClF2N4O2.CH4/c26-14-5-7-16-18(9-14)23(17-3-1-2-4-20(17)27)29-11-13-12-30-25(32-22(13)16)31-15-6-8-21(28)19(10-15)24(33)34;/h1-10,12H,11H2,(H,33,34)(H,30,31,32);1H4. The molecule has 2 heterocycles. The molecule has 4 aromatic rings. The van der Waals surface area contributed by atoms with Crippen molar-refractivity contribution in [3.63, 3.8) is 0 Å². The second kappa shape index (κ2) is 9.60. The van der Waals surface area contributed by atoms with Gasteiger partial charge in [0.05, 0.1) is 23.5 Å². The molecule has 0 bridgehead atoms. The van der Waals surface area contributed by atoms with Gasteiger partial charge in [0.2, 0.25) is 5.95 Å². The Balaban J connectivity index is 0.00000289. The Labute approximate surface area is 205 Å². The van der Waals surface area contributed by atoms with Gasteiger partial charge in [-0.25, -0.2) is 23.5 Å². The second-order valence-electron chi connectivity index (χ2n) is 7.53. The van der Waals surface area contributed by atoms with Crippen molar-refractivity contribution in [1.82, 2.24) is 9.97 Å². The molecule has 0 saturated carbocycles. The predicted molar refractivity (Wildman–Crippen MR) is 132 cm³/mol. The molecule has 3 aromatic carbocycles. The van der Waals surface area contributed by atoms with Crippen LogP contribution in [0.5, 0.6) is 0 Å². The molecule has 2 N–H and O–H groups in total. The molecule has 176 valence electrons. The third kappa shape index (κ3) is 4.61.